The van der Waals surface area contributed by atoms with Crippen LogP contribution < -0.4 is 4.90 Å². The molecule has 2 saturated heterocycles. The maximum Gasteiger partial charge on any atom is 0.229 e. The van der Waals surface area contributed by atoms with Gasteiger partial charge in [0.05, 0.1) is 18.2 Å². The first-order chi connectivity index (χ1) is 11.7. The van der Waals surface area contributed by atoms with Gasteiger partial charge in [-0.15, -0.1) is 11.3 Å². The molecule has 4 heterocycles. The SMILES string of the molecule is O=C1CCCN1c1nc(CC(=O)N2CCC[C@H]2c2ncn[nH]2)cs1. The lowest BCUT2D eigenvalue weighted by Gasteiger charge is -2.22. The first-order valence-electron chi connectivity index (χ1n) is 8.12. The standard InChI is InChI=1S/C15H18N6O2S/c22-12-4-2-6-21(12)15-18-10(8-24-15)7-13(23)20-5-1-3-11(20)14-16-9-17-19-14/h8-9,11H,1-7H2,(H,16,17,19)/t11-/m0/s1. The van der Waals surface area contributed by atoms with Crippen LogP contribution in [0.25, 0.3) is 0 Å². The van der Waals surface area contributed by atoms with Gasteiger partial charge in [-0.1, -0.05) is 0 Å². The minimum Gasteiger partial charge on any atom is -0.332 e. The number of anilines is 1. The minimum atomic E-state index is -0.0294. The van der Waals surface area contributed by atoms with E-state index in [0.29, 0.717) is 11.6 Å². The van der Waals surface area contributed by atoms with Gasteiger partial charge in [0.1, 0.15) is 12.2 Å². The molecule has 2 aliphatic rings. The fourth-order valence-corrected chi connectivity index (χ4v) is 4.20. The Morgan fingerprint density at radius 2 is 2.29 bits per heavy atom. The Balaban J connectivity index is 1.44. The largest absolute Gasteiger partial charge is 0.332 e. The molecule has 1 N–H and O–H groups in total. The van der Waals surface area contributed by atoms with E-state index in [1.54, 1.807) is 4.90 Å². The number of carbonyl (C=O) groups excluding carboxylic acids is 2. The normalized spacial score (nSPS) is 21.0. The molecular formula is C15H18N6O2S. The molecule has 2 aromatic rings. The average Bonchev–Trinajstić information content (AvgIpc) is 3.34. The van der Waals surface area contributed by atoms with Crippen LogP contribution in [0.1, 0.15) is 43.2 Å². The average molecular weight is 346 g/mol. The molecule has 0 saturated carbocycles. The Hall–Kier alpha value is -2.29. The summed E-state index contributed by atoms with van der Waals surface area (Å²) in [6, 6.07) is -0.0294. The number of rotatable bonds is 4. The van der Waals surface area contributed by atoms with E-state index in [1.807, 2.05) is 10.3 Å². The molecule has 2 fully saturated rings. The van der Waals surface area contributed by atoms with Gasteiger partial charge in [-0.3, -0.25) is 19.6 Å². The molecule has 2 amide bonds. The molecule has 0 aliphatic carbocycles. The molecule has 0 spiro atoms. The van der Waals surface area contributed by atoms with Crippen LogP contribution in [0, 0.1) is 0 Å². The predicted molar refractivity (Wildman–Crippen MR) is 87.5 cm³/mol. The van der Waals surface area contributed by atoms with Gasteiger partial charge in [-0.2, -0.15) is 5.10 Å². The number of aromatic nitrogens is 4. The van der Waals surface area contributed by atoms with E-state index in [1.165, 1.54) is 17.7 Å². The van der Waals surface area contributed by atoms with Crippen LogP contribution in [0.4, 0.5) is 5.13 Å². The van der Waals surface area contributed by atoms with Crippen molar-refractivity contribution in [2.45, 2.75) is 38.1 Å². The van der Waals surface area contributed by atoms with Crippen LogP contribution in [-0.4, -0.2) is 50.0 Å². The molecule has 24 heavy (non-hydrogen) atoms. The second kappa shape index (κ2) is 6.31. The van der Waals surface area contributed by atoms with Gasteiger partial charge in [0.15, 0.2) is 5.13 Å². The Kier molecular flexibility index (Phi) is 4.01. The third kappa shape index (κ3) is 2.79. The second-order valence-corrected chi connectivity index (χ2v) is 6.90. The molecule has 0 radical (unpaired) electrons. The number of amides is 2. The Bertz CT molecular complexity index is 743. The molecule has 8 nitrogen and oxygen atoms in total. The third-order valence-corrected chi connectivity index (χ3v) is 5.41. The fraction of sp³-hybridized carbons (Fsp3) is 0.533. The van der Waals surface area contributed by atoms with E-state index < -0.39 is 0 Å². The summed E-state index contributed by atoms with van der Waals surface area (Å²) in [6.45, 7) is 1.45. The lowest BCUT2D eigenvalue weighted by atomic mass is 10.2. The van der Waals surface area contributed by atoms with Crippen LogP contribution in [0.5, 0.6) is 0 Å². The summed E-state index contributed by atoms with van der Waals surface area (Å²) in [7, 11) is 0. The van der Waals surface area contributed by atoms with Crippen LogP contribution in [0.15, 0.2) is 11.7 Å². The third-order valence-electron chi connectivity index (χ3n) is 4.50. The first-order valence-corrected chi connectivity index (χ1v) is 9.00. The van der Waals surface area contributed by atoms with E-state index in [-0.39, 0.29) is 24.3 Å². The maximum absolute atomic E-state index is 12.7. The van der Waals surface area contributed by atoms with Crippen molar-refractivity contribution in [2.24, 2.45) is 0 Å². The van der Waals surface area contributed by atoms with E-state index in [9.17, 15) is 9.59 Å². The number of likely N-dealkylation sites (tertiary alicyclic amines) is 1. The molecule has 0 bridgehead atoms. The van der Waals surface area contributed by atoms with Crippen molar-refractivity contribution < 1.29 is 9.59 Å². The van der Waals surface area contributed by atoms with E-state index in [0.717, 1.165) is 43.9 Å². The zero-order valence-electron chi connectivity index (χ0n) is 13.1. The van der Waals surface area contributed by atoms with E-state index in [4.69, 9.17) is 0 Å². The molecule has 2 aliphatic heterocycles. The fourth-order valence-electron chi connectivity index (χ4n) is 3.33. The van der Waals surface area contributed by atoms with Gasteiger partial charge in [-0.25, -0.2) is 9.97 Å². The van der Waals surface area contributed by atoms with Crippen molar-refractivity contribution in [3.05, 3.63) is 23.2 Å². The van der Waals surface area contributed by atoms with E-state index >= 15 is 0 Å². The molecule has 4 rings (SSSR count). The second-order valence-electron chi connectivity index (χ2n) is 6.06. The summed E-state index contributed by atoms with van der Waals surface area (Å²) in [5.74, 6) is 0.896. The summed E-state index contributed by atoms with van der Waals surface area (Å²) in [4.78, 5) is 36.7. The van der Waals surface area contributed by atoms with Gasteiger partial charge in [0, 0.05) is 24.9 Å². The highest BCUT2D eigenvalue weighted by molar-refractivity contribution is 7.14. The Labute approximate surface area is 142 Å². The number of thiazole rings is 1. The van der Waals surface area contributed by atoms with Crippen molar-refractivity contribution in [1.82, 2.24) is 25.1 Å². The van der Waals surface area contributed by atoms with Crippen molar-refractivity contribution in [3.63, 3.8) is 0 Å². The number of nitrogens with zero attached hydrogens (tertiary/aromatic N) is 5. The highest BCUT2D eigenvalue weighted by Crippen LogP contribution is 2.31. The number of aromatic amines is 1. The number of H-pyrrole nitrogens is 1. The summed E-state index contributed by atoms with van der Waals surface area (Å²) in [6.07, 6.45) is 5.03. The van der Waals surface area contributed by atoms with Gasteiger partial charge in [0.25, 0.3) is 0 Å². The van der Waals surface area contributed by atoms with Crippen molar-refractivity contribution in [2.75, 3.05) is 18.0 Å². The van der Waals surface area contributed by atoms with Crippen molar-refractivity contribution >= 4 is 28.3 Å². The quantitative estimate of drug-likeness (QED) is 0.900. The number of carbonyl (C=O) groups is 2. The number of hydrogen-bond acceptors (Lipinski definition) is 6. The molecule has 126 valence electrons. The van der Waals surface area contributed by atoms with Crippen LogP contribution >= 0.6 is 11.3 Å². The number of nitrogens with one attached hydrogen (secondary N) is 1. The highest BCUT2D eigenvalue weighted by atomic mass is 32.1. The lowest BCUT2D eigenvalue weighted by molar-refractivity contribution is -0.131. The topological polar surface area (TPSA) is 95.1 Å². The van der Waals surface area contributed by atoms with Gasteiger partial charge in [-0.05, 0) is 19.3 Å². The Morgan fingerprint density at radius 1 is 1.38 bits per heavy atom. The van der Waals surface area contributed by atoms with Crippen molar-refractivity contribution in [1.29, 1.82) is 0 Å². The molecule has 0 unspecified atom stereocenters. The summed E-state index contributed by atoms with van der Waals surface area (Å²) >= 11 is 1.43. The Morgan fingerprint density at radius 3 is 3.04 bits per heavy atom. The molecular weight excluding hydrogens is 328 g/mol. The van der Waals surface area contributed by atoms with Gasteiger partial charge < -0.3 is 4.90 Å². The first kappa shape index (κ1) is 15.3. The summed E-state index contributed by atoms with van der Waals surface area (Å²) < 4.78 is 0. The van der Waals surface area contributed by atoms with Crippen molar-refractivity contribution in [3.8, 4) is 0 Å². The zero-order chi connectivity index (χ0) is 16.5. The van der Waals surface area contributed by atoms with Crippen LogP contribution in [0.3, 0.4) is 0 Å². The van der Waals surface area contributed by atoms with Gasteiger partial charge in [0.2, 0.25) is 11.8 Å². The molecule has 9 heteroatoms. The molecule has 1 atom stereocenters. The molecule has 2 aromatic heterocycles. The van der Waals surface area contributed by atoms with E-state index in [2.05, 4.69) is 20.2 Å². The van der Waals surface area contributed by atoms with Crippen LogP contribution in [-0.2, 0) is 16.0 Å². The molecule has 0 aromatic carbocycles. The monoisotopic (exact) mass is 346 g/mol. The lowest BCUT2D eigenvalue weighted by Crippen LogP contribution is -2.32. The smallest absolute Gasteiger partial charge is 0.229 e. The predicted octanol–water partition coefficient (Wildman–Crippen LogP) is 1.29. The minimum absolute atomic E-state index is 0.0294. The highest BCUT2D eigenvalue weighted by Gasteiger charge is 2.32. The zero-order valence-corrected chi connectivity index (χ0v) is 14.0. The van der Waals surface area contributed by atoms with Crippen LogP contribution in [0.2, 0.25) is 0 Å². The number of hydrogen-bond donors (Lipinski definition) is 1. The summed E-state index contributed by atoms with van der Waals surface area (Å²) in [5, 5.41) is 9.31. The van der Waals surface area contributed by atoms with Gasteiger partial charge >= 0.3 is 0 Å². The maximum atomic E-state index is 12.7. The summed E-state index contributed by atoms with van der Waals surface area (Å²) in [5.41, 5.74) is 0.725.